The fraction of sp³-hybridized carbons (Fsp3) is 0.273. The van der Waals surface area contributed by atoms with Crippen LogP contribution in [0.1, 0.15) is 18.5 Å². The Labute approximate surface area is 89.0 Å². The van der Waals surface area contributed by atoms with Crippen molar-refractivity contribution in [1.29, 1.82) is 0 Å². The smallest absolute Gasteiger partial charge is 0.0731 e. The fourth-order valence-corrected chi connectivity index (χ4v) is 1.48. The van der Waals surface area contributed by atoms with Gasteiger partial charge >= 0.3 is 0 Å². The maximum absolute atomic E-state index is 4.11. The first-order valence-corrected chi connectivity index (χ1v) is 4.91. The van der Waals surface area contributed by atoms with Crippen LogP contribution in [0.3, 0.4) is 0 Å². The van der Waals surface area contributed by atoms with Crippen LogP contribution < -0.4 is 5.32 Å². The molecule has 4 heteroatoms. The van der Waals surface area contributed by atoms with Crippen LogP contribution in [0.2, 0.25) is 0 Å². The van der Waals surface area contributed by atoms with Gasteiger partial charge in [0, 0.05) is 31.7 Å². The van der Waals surface area contributed by atoms with Gasteiger partial charge in [-0.1, -0.05) is 0 Å². The van der Waals surface area contributed by atoms with E-state index in [0.29, 0.717) is 0 Å². The van der Waals surface area contributed by atoms with E-state index in [4.69, 9.17) is 0 Å². The lowest BCUT2D eigenvalue weighted by atomic mass is 10.1. The summed E-state index contributed by atoms with van der Waals surface area (Å²) in [6, 6.07) is 4.28. The molecule has 0 aliphatic rings. The van der Waals surface area contributed by atoms with Gasteiger partial charge in [-0.2, -0.15) is 5.10 Å². The number of nitrogens with zero attached hydrogens (tertiary/aromatic N) is 3. The number of nitrogens with one attached hydrogen (secondary N) is 1. The van der Waals surface area contributed by atoms with Crippen molar-refractivity contribution in [1.82, 2.24) is 14.8 Å². The molecule has 0 radical (unpaired) electrons. The Kier molecular flexibility index (Phi) is 2.67. The summed E-state index contributed by atoms with van der Waals surface area (Å²) in [4.78, 5) is 3.99. The van der Waals surface area contributed by atoms with Crippen molar-refractivity contribution < 1.29 is 0 Å². The Balaban J connectivity index is 2.07. The Hall–Kier alpha value is -1.84. The Morgan fingerprint density at radius 1 is 1.33 bits per heavy atom. The number of aryl methyl sites for hydroxylation is 1. The molecule has 0 saturated heterocycles. The van der Waals surface area contributed by atoms with Crippen molar-refractivity contribution in [3.63, 3.8) is 0 Å². The maximum atomic E-state index is 4.11. The number of pyridine rings is 1. The Bertz CT molecular complexity index is 421. The molecule has 0 spiro atoms. The molecule has 2 aromatic heterocycles. The van der Waals surface area contributed by atoms with Gasteiger partial charge in [-0.15, -0.1) is 0 Å². The first-order valence-electron chi connectivity index (χ1n) is 4.91. The van der Waals surface area contributed by atoms with Gasteiger partial charge < -0.3 is 5.32 Å². The number of aromatic nitrogens is 3. The number of anilines is 1. The zero-order valence-corrected chi connectivity index (χ0v) is 8.88. The highest BCUT2D eigenvalue weighted by atomic mass is 15.3. The van der Waals surface area contributed by atoms with E-state index in [9.17, 15) is 0 Å². The van der Waals surface area contributed by atoms with E-state index in [1.165, 1.54) is 5.56 Å². The van der Waals surface area contributed by atoms with E-state index in [-0.39, 0.29) is 6.04 Å². The van der Waals surface area contributed by atoms with Gasteiger partial charge in [-0.3, -0.25) is 9.67 Å². The van der Waals surface area contributed by atoms with Crippen LogP contribution in [0.25, 0.3) is 0 Å². The highest BCUT2D eigenvalue weighted by Gasteiger charge is 2.05. The summed E-state index contributed by atoms with van der Waals surface area (Å²) in [7, 11) is 1.91. The predicted octanol–water partition coefficient (Wildman–Crippen LogP) is 1.99. The molecule has 0 amide bonds. The van der Waals surface area contributed by atoms with Crippen LogP contribution in [-0.2, 0) is 7.05 Å². The van der Waals surface area contributed by atoms with Crippen LogP contribution in [-0.4, -0.2) is 14.8 Å². The molecule has 1 unspecified atom stereocenters. The second-order valence-corrected chi connectivity index (χ2v) is 3.55. The third kappa shape index (κ3) is 2.34. The summed E-state index contributed by atoms with van der Waals surface area (Å²) in [5.41, 5.74) is 2.25. The molecule has 1 N–H and O–H groups in total. The minimum Gasteiger partial charge on any atom is -0.376 e. The Morgan fingerprint density at radius 2 is 2.07 bits per heavy atom. The van der Waals surface area contributed by atoms with Crippen LogP contribution in [0.5, 0.6) is 0 Å². The molecule has 4 nitrogen and oxygen atoms in total. The van der Waals surface area contributed by atoms with Crippen molar-refractivity contribution in [2.45, 2.75) is 13.0 Å². The molecule has 78 valence electrons. The molecule has 2 rings (SSSR count). The maximum Gasteiger partial charge on any atom is 0.0731 e. The van der Waals surface area contributed by atoms with Crippen LogP contribution >= 0.6 is 0 Å². The van der Waals surface area contributed by atoms with Gasteiger partial charge in [0.1, 0.15) is 0 Å². The summed E-state index contributed by atoms with van der Waals surface area (Å²) in [5.74, 6) is 0. The third-order valence-electron chi connectivity index (χ3n) is 2.29. The molecule has 2 aromatic rings. The zero-order valence-electron chi connectivity index (χ0n) is 8.88. The lowest BCUT2D eigenvalue weighted by Crippen LogP contribution is -2.05. The predicted molar refractivity (Wildman–Crippen MR) is 59.5 cm³/mol. The first-order chi connectivity index (χ1) is 7.25. The second-order valence-electron chi connectivity index (χ2n) is 3.55. The molecule has 0 aliphatic heterocycles. The first kappa shape index (κ1) is 9.71. The lowest BCUT2D eigenvalue weighted by Gasteiger charge is -2.13. The highest BCUT2D eigenvalue weighted by molar-refractivity contribution is 5.41. The average molecular weight is 202 g/mol. The van der Waals surface area contributed by atoms with Gasteiger partial charge in [-0.25, -0.2) is 0 Å². The minimum absolute atomic E-state index is 0.261. The quantitative estimate of drug-likeness (QED) is 0.827. The molecule has 2 heterocycles. The Morgan fingerprint density at radius 3 is 2.67 bits per heavy atom. The summed E-state index contributed by atoms with van der Waals surface area (Å²) in [6.45, 7) is 2.11. The van der Waals surface area contributed by atoms with E-state index in [0.717, 1.165) is 5.69 Å². The monoisotopic (exact) mass is 202 g/mol. The zero-order chi connectivity index (χ0) is 10.7. The van der Waals surface area contributed by atoms with Crippen LogP contribution in [0.4, 0.5) is 5.69 Å². The van der Waals surface area contributed by atoms with E-state index in [2.05, 4.69) is 22.3 Å². The van der Waals surface area contributed by atoms with E-state index in [1.807, 2.05) is 31.6 Å². The second kappa shape index (κ2) is 4.13. The number of hydrogen-bond acceptors (Lipinski definition) is 3. The van der Waals surface area contributed by atoms with Crippen molar-refractivity contribution in [3.8, 4) is 0 Å². The number of rotatable bonds is 3. The molecule has 0 fully saturated rings. The van der Waals surface area contributed by atoms with Crippen molar-refractivity contribution in [2.75, 3.05) is 5.32 Å². The standard InChI is InChI=1S/C11H14N4/c1-9(10-3-5-12-6-4-10)14-11-7-13-15(2)8-11/h3-9,14H,1-2H3. The summed E-state index contributed by atoms with van der Waals surface area (Å²) in [6.07, 6.45) is 7.38. The molecule has 1 atom stereocenters. The summed E-state index contributed by atoms with van der Waals surface area (Å²) in [5, 5.41) is 7.47. The SMILES string of the molecule is CC(Nc1cnn(C)c1)c1ccncc1. The topological polar surface area (TPSA) is 42.7 Å². The van der Waals surface area contributed by atoms with Crippen molar-refractivity contribution in [2.24, 2.45) is 7.05 Å². The van der Waals surface area contributed by atoms with Gasteiger partial charge in [-0.05, 0) is 24.6 Å². The van der Waals surface area contributed by atoms with Crippen LogP contribution in [0, 0.1) is 0 Å². The molecular weight excluding hydrogens is 188 g/mol. The van der Waals surface area contributed by atoms with Gasteiger partial charge in [0.15, 0.2) is 0 Å². The third-order valence-corrected chi connectivity index (χ3v) is 2.29. The largest absolute Gasteiger partial charge is 0.376 e. The van der Waals surface area contributed by atoms with E-state index >= 15 is 0 Å². The molecule has 0 bridgehead atoms. The van der Waals surface area contributed by atoms with Crippen molar-refractivity contribution in [3.05, 3.63) is 42.5 Å². The highest BCUT2D eigenvalue weighted by Crippen LogP contribution is 2.17. The van der Waals surface area contributed by atoms with Crippen molar-refractivity contribution >= 4 is 5.69 Å². The molecular formula is C11H14N4. The molecule has 0 aliphatic carbocycles. The summed E-state index contributed by atoms with van der Waals surface area (Å²) >= 11 is 0. The lowest BCUT2D eigenvalue weighted by molar-refractivity contribution is 0.767. The van der Waals surface area contributed by atoms with Gasteiger partial charge in [0.05, 0.1) is 11.9 Å². The van der Waals surface area contributed by atoms with E-state index in [1.54, 1.807) is 17.1 Å². The van der Waals surface area contributed by atoms with Gasteiger partial charge in [0.2, 0.25) is 0 Å². The van der Waals surface area contributed by atoms with E-state index < -0.39 is 0 Å². The average Bonchev–Trinajstić information content (AvgIpc) is 2.65. The van der Waals surface area contributed by atoms with Gasteiger partial charge in [0.25, 0.3) is 0 Å². The molecule has 0 saturated carbocycles. The molecule has 15 heavy (non-hydrogen) atoms. The minimum atomic E-state index is 0.261. The van der Waals surface area contributed by atoms with Crippen LogP contribution in [0.15, 0.2) is 36.9 Å². The fourth-order valence-electron chi connectivity index (χ4n) is 1.48. The molecule has 0 aromatic carbocycles. The summed E-state index contributed by atoms with van der Waals surface area (Å²) < 4.78 is 1.78. The normalized spacial score (nSPS) is 12.4. The number of hydrogen-bond donors (Lipinski definition) is 1.